The van der Waals surface area contributed by atoms with Gasteiger partial charge in [-0.3, -0.25) is 4.79 Å². The molecule has 0 N–H and O–H groups in total. The molecule has 0 aliphatic heterocycles. The quantitative estimate of drug-likeness (QED) is 0.687. The Labute approximate surface area is 159 Å². The van der Waals surface area contributed by atoms with Crippen molar-refractivity contribution in [2.24, 2.45) is 0 Å². The summed E-state index contributed by atoms with van der Waals surface area (Å²) in [6, 6.07) is 20.0. The van der Waals surface area contributed by atoms with Crippen LogP contribution in [0.5, 0.6) is 0 Å². The molecule has 27 heavy (non-hydrogen) atoms. The van der Waals surface area contributed by atoms with Crippen LogP contribution in [0.3, 0.4) is 0 Å². The maximum atomic E-state index is 13.0. The minimum absolute atomic E-state index is 0.197. The lowest BCUT2D eigenvalue weighted by molar-refractivity contribution is 0.185. The van der Waals surface area contributed by atoms with Crippen LogP contribution in [0, 0.1) is 25.2 Å². The molecule has 2 aromatic carbocycles. The summed E-state index contributed by atoms with van der Waals surface area (Å²) in [5, 5.41) is 9.41. The van der Waals surface area contributed by atoms with Gasteiger partial charge in [0.05, 0.1) is 18.8 Å². The van der Waals surface area contributed by atoms with Gasteiger partial charge in [-0.05, 0) is 48.2 Å². The predicted octanol–water partition coefficient (Wildman–Crippen LogP) is 4.20. The molecule has 0 aliphatic rings. The summed E-state index contributed by atoms with van der Waals surface area (Å²) in [4.78, 5) is 13.0. The van der Waals surface area contributed by atoms with Crippen LogP contribution in [0.1, 0.15) is 27.8 Å². The Balaban J connectivity index is 2.12. The van der Waals surface area contributed by atoms with Gasteiger partial charge in [-0.1, -0.05) is 48.0 Å². The van der Waals surface area contributed by atoms with Gasteiger partial charge in [0.1, 0.15) is 11.6 Å². The number of aryl methyl sites for hydroxylation is 2. The fraction of sp³-hybridized carbons (Fsp3) is 0.217. The molecule has 0 amide bonds. The van der Waals surface area contributed by atoms with E-state index in [2.05, 4.69) is 12.1 Å². The predicted molar refractivity (Wildman–Crippen MR) is 107 cm³/mol. The van der Waals surface area contributed by atoms with E-state index in [0.717, 1.165) is 27.9 Å². The maximum absolute atomic E-state index is 13.0. The van der Waals surface area contributed by atoms with E-state index in [4.69, 9.17) is 4.74 Å². The number of nitriles is 1. The highest BCUT2D eigenvalue weighted by molar-refractivity contribution is 5.63. The van der Waals surface area contributed by atoms with Crippen LogP contribution in [-0.4, -0.2) is 11.7 Å². The molecule has 136 valence electrons. The molecule has 0 radical (unpaired) electrons. The first kappa shape index (κ1) is 18.6. The summed E-state index contributed by atoms with van der Waals surface area (Å²) in [7, 11) is 1.66. The molecule has 0 saturated carbocycles. The number of hydrogen-bond acceptors (Lipinski definition) is 3. The Hall–Kier alpha value is -3.16. The molecule has 3 rings (SSSR count). The van der Waals surface area contributed by atoms with E-state index >= 15 is 0 Å². The molecular weight excluding hydrogens is 336 g/mol. The lowest BCUT2D eigenvalue weighted by Crippen LogP contribution is -2.26. The van der Waals surface area contributed by atoms with Crippen LogP contribution in [-0.2, 0) is 17.9 Å². The first-order valence-electron chi connectivity index (χ1n) is 8.82. The summed E-state index contributed by atoms with van der Waals surface area (Å²) in [5.74, 6) is 0. The Bertz CT molecular complexity index is 1060. The normalized spacial score (nSPS) is 10.6. The summed E-state index contributed by atoms with van der Waals surface area (Å²) >= 11 is 0. The lowest BCUT2D eigenvalue weighted by Gasteiger charge is -2.16. The van der Waals surface area contributed by atoms with E-state index in [1.165, 1.54) is 0 Å². The van der Waals surface area contributed by atoms with Crippen molar-refractivity contribution < 1.29 is 4.74 Å². The second kappa shape index (κ2) is 8.03. The first-order valence-corrected chi connectivity index (χ1v) is 8.82. The molecular formula is C23H22N2O2. The third-order valence-corrected chi connectivity index (χ3v) is 4.60. The SMILES string of the molecule is COCc1ccc(Cn2c(-c3cccc(C)c3)cc(C)c(C#N)c2=O)cc1. The molecule has 3 aromatic rings. The van der Waals surface area contributed by atoms with Crippen LogP contribution in [0.4, 0.5) is 0 Å². The number of aromatic nitrogens is 1. The second-order valence-electron chi connectivity index (χ2n) is 6.71. The van der Waals surface area contributed by atoms with Crippen LogP contribution in [0.15, 0.2) is 59.4 Å². The fourth-order valence-corrected chi connectivity index (χ4v) is 3.19. The van der Waals surface area contributed by atoms with Crippen molar-refractivity contribution in [1.29, 1.82) is 5.26 Å². The van der Waals surface area contributed by atoms with Crippen LogP contribution in [0.2, 0.25) is 0 Å². The highest BCUT2D eigenvalue weighted by Crippen LogP contribution is 2.22. The summed E-state index contributed by atoms with van der Waals surface area (Å²) in [5.41, 5.74) is 5.63. The van der Waals surface area contributed by atoms with Crippen molar-refractivity contribution >= 4 is 0 Å². The van der Waals surface area contributed by atoms with Gasteiger partial charge in [0, 0.05) is 7.11 Å². The van der Waals surface area contributed by atoms with Crippen LogP contribution in [0.25, 0.3) is 11.3 Å². The number of methoxy groups -OCH3 is 1. The van der Waals surface area contributed by atoms with Crippen molar-refractivity contribution in [2.75, 3.05) is 7.11 Å². The second-order valence-corrected chi connectivity index (χ2v) is 6.71. The number of ether oxygens (including phenoxy) is 1. The standard InChI is InChI=1S/C23H22N2O2/c1-16-5-4-6-20(11-16)22-12-17(2)21(13-24)23(26)25(22)14-18-7-9-19(10-8-18)15-27-3/h4-12H,14-15H2,1-3H3. The minimum Gasteiger partial charge on any atom is -0.380 e. The molecule has 0 aliphatic carbocycles. The molecule has 1 heterocycles. The van der Waals surface area contributed by atoms with Gasteiger partial charge in [-0.25, -0.2) is 0 Å². The van der Waals surface area contributed by atoms with Crippen molar-refractivity contribution in [3.05, 3.63) is 92.8 Å². The Morgan fingerprint density at radius 3 is 2.37 bits per heavy atom. The highest BCUT2D eigenvalue weighted by atomic mass is 16.5. The fourth-order valence-electron chi connectivity index (χ4n) is 3.19. The van der Waals surface area contributed by atoms with Gasteiger partial charge in [-0.15, -0.1) is 0 Å². The molecule has 0 spiro atoms. The highest BCUT2D eigenvalue weighted by Gasteiger charge is 2.14. The largest absolute Gasteiger partial charge is 0.380 e. The third kappa shape index (κ3) is 3.99. The molecule has 0 atom stereocenters. The average Bonchev–Trinajstić information content (AvgIpc) is 2.66. The summed E-state index contributed by atoms with van der Waals surface area (Å²) in [6.45, 7) is 4.79. The van der Waals surface area contributed by atoms with E-state index in [0.29, 0.717) is 18.7 Å². The van der Waals surface area contributed by atoms with E-state index in [9.17, 15) is 10.1 Å². The topological polar surface area (TPSA) is 55.0 Å². The van der Waals surface area contributed by atoms with Gasteiger partial charge < -0.3 is 9.30 Å². The number of pyridine rings is 1. The van der Waals surface area contributed by atoms with Crippen LogP contribution >= 0.6 is 0 Å². The third-order valence-electron chi connectivity index (χ3n) is 4.60. The van der Waals surface area contributed by atoms with Gasteiger partial charge >= 0.3 is 0 Å². The first-order chi connectivity index (χ1) is 13.0. The minimum atomic E-state index is -0.255. The molecule has 4 nitrogen and oxygen atoms in total. The monoisotopic (exact) mass is 358 g/mol. The average molecular weight is 358 g/mol. The number of rotatable bonds is 5. The van der Waals surface area contributed by atoms with Crippen LogP contribution < -0.4 is 5.56 Å². The summed E-state index contributed by atoms with van der Waals surface area (Å²) < 4.78 is 6.83. The van der Waals surface area contributed by atoms with E-state index < -0.39 is 0 Å². The van der Waals surface area contributed by atoms with Crippen molar-refractivity contribution in [1.82, 2.24) is 4.57 Å². The maximum Gasteiger partial charge on any atom is 0.269 e. The zero-order valence-electron chi connectivity index (χ0n) is 15.8. The number of hydrogen-bond donors (Lipinski definition) is 0. The molecule has 0 bridgehead atoms. The van der Waals surface area contributed by atoms with Crippen molar-refractivity contribution in [3.63, 3.8) is 0 Å². The zero-order chi connectivity index (χ0) is 19.4. The molecule has 4 heteroatoms. The van der Waals surface area contributed by atoms with Crippen molar-refractivity contribution in [2.45, 2.75) is 27.0 Å². The van der Waals surface area contributed by atoms with Crippen molar-refractivity contribution in [3.8, 4) is 17.3 Å². The zero-order valence-corrected chi connectivity index (χ0v) is 15.8. The summed E-state index contributed by atoms with van der Waals surface area (Å²) in [6.07, 6.45) is 0. The van der Waals surface area contributed by atoms with E-state index in [1.54, 1.807) is 11.7 Å². The van der Waals surface area contributed by atoms with Gasteiger partial charge in [0.2, 0.25) is 0 Å². The lowest BCUT2D eigenvalue weighted by atomic mass is 10.0. The van der Waals surface area contributed by atoms with E-state index in [-0.39, 0.29) is 11.1 Å². The Morgan fingerprint density at radius 1 is 1.04 bits per heavy atom. The Kier molecular flexibility index (Phi) is 5.54. The van der Waals surface area contributed by atoms with Gasteiger partial charge in [-0.2, -0.15) is 5.26 Å². The van der Waals surface area contributed by atoms with E-state index in [1.807, 2.05) is 62.4 Å². The molecule has 0 unspecified atom stereocenters. The molecule has 0 fully saturated rings. The molecule has 0 saturated heterocycles. The Morgan fingerprint density at radius 2 is 1.74 bits per heavy atom. The number of nitrogens with zero attached hydrogens (tertiary/aromatic N) is 2. The number of benzene rings is 2. The van der Waals surface area contributed by atoms with Gasteiger partial charge in [0.15, 0.2) is 0 Å². The molecule has 1 aromatic heterocycles. The van der Waals surface area contributed by atoms with Gasteiger partial charge in [0.25, 0.3) is 5.56 Å². The smallest absolute Gasteiger partial charge is 0.269 e.